The van der Waals surface area contributed by atoms with E-state index in [2.05, 4.69) is 59.5 Å². The number of pyridine rings is 1. The molecule has 0 atom stereocenters. The first kappa shape index (κ1) is 13.6. The Kier molecular flexibility index (Phi) is 3.86. The lowest BCUT2D eigenvalue weighted by molar-refractivity contribution is 0.916. The minimum Gasteiger partial charge on any atom is -0.370 e. The van der Waals surface area contributed by atoms with Gasteiger partial charge < -0.3 is 5.32 Å². The van der Waals surface area contributed by atoms with Crippen LogP contribution in [0.25, 0.3) is 0 Å². The molecule has 0 spiro atoms. The predicted molar refractivity (Wildman–Crippen MR) is 88.1 cm³/mol. The van der Waals surface area contributed by atoms with Gasteiger partial charge in [-0.05, 0) is 37.6 Å². The van der Waals surface area contributed by atoms with Crippen LogP contribution in [0.1, 0.15) is 24.5 Å². The van der Waals surface area contributed by atoms with Gasteiger partial charge in [-0.1, -0.05) is 18.2 Å². The van der Waals surface area contributed by atoms with Crippen molar-refractivity contribution < 1.29 is 0 Å². The number of benzene rings is 1. The second-order valence-corrected chi connectivity index (χ2v) is 5.17. The van der Waals surface area contributed by atoms with E-state index >= 15 is 0 Å². The lowest BCUT2D eigenvalue weighted by Crippen LogP contribution is -2.12. The fourth-order valence-electron chi connectivity index (χ4n) is 2.54. The zero-order chi connectivity index (χ0) is 14.7. The number of aromatic nitrogens is 1. The average Bonchev–Trinajstić information content (AvgIpc) is 2.98. The molecule has 2 aromatic rings. The van der Waals surface area contributed by atoms with E-state index in [1.165, 1.54) is 11.3 Å². The summed E-state index contributed by atoms with van der Waals surface area (Å²) in [5.41, 5.74) is 4.65. The van der Waals surface area contributed by atoms with Gasteiger partial charge in [0.2, 0.25) is 0 Å². The van der Waals surface area contributed by atoms with Crippen molar-refractivity contribution in [1.82, 2.24) is 4.98 Å². The highest BCUT2D eigenvalue weighted by molar-refractivity contribution is 6.02. The van der Waals surface area contributed by atoms with E-state index in [1.807, 2.05) is 12.3 Å². The molecule has 3 rings (SSSR count). The lowest BCUT2D eigenvalue weighted by atomic mass is 10.1. The number of rotatable bonds is 4. The number of aryl methyl sites for hydroxylation is 1. The zero-order valence-electron chi connectivity index (χ0n) is 12.5. The van der Waals surface area contributed by atoms with Gasteiger partial charge in [-0.3, -0.25) is 5.01 Å². The van der Waals surface area contributed by atoms with Gasteiger partial charge in [0.15, 0.2) is 0 Å². The normalized spacial score (nSPS) is 14.2. The highest BCUT2D eigenvalue weighted by Gasteiger charge is 2.18. The van der Waals surface area contributed by atoms with Crippen LogP contribution >= 0.6 is 0 Å². The van der Waals surface area contributed by atoms with E-state index in [0.29, 0.717) is 0 Å². The van der Waals surface area contributed by atoms with Crippen LogP contribution in [0.5, 0.6) is 0 Å². The van der Waals surface area contributed by atoms with Crippen LogP contribution < -0.4 is 10.3 Å². The Labute approximate surface area is 125 Å². The van der Waals surface area contributed by atoms with Gasteiger partial charge in [0, 0.05) is 31.3 Å². The average molecular weight is 280 g/mol. The Hall–Kier alpha value is -2.36. The van der Waals surface area contributed by atoms with Crippen molar-refractivity contribution in [1.29, 1.82) is 0 Å². The summed E-state index contributed by atoms with van der Waals surface area (Å²) in [6.07, 6.45) is 2.86. The minimum atomic E-state index is 0.883. The Bertz CT molecular complexity index is 646. The van der Waals surface area contributed by atoms with Crippen LogP contribution in [-0.2, 0) is 0 Å². The Morgan fingerprint density at radius 1 is 1.19 bits per heavy atom. The zero-order valence-corrected chi connectivity index (χ0v) is 12.5. The quantitative estimate of drug-likeness (QED) is 0.932. The van der Waals surface area contributed by atoms with Crippen molar-refractivity contribution in [2.75, 3.05) is 23.4 Å². The molecule has 1 N–H and O–H groups in total. The molecule has 0 saturated carbocycles. The molecular weight excluding hydrogens is 260 g/mol. The van der Waals surface area contributed by atoms with Gasteiger partial charge in [-0.15, -0.1) is 0 Å². The maximum absolute atomic E-state index is 4.75. The third-order valence-corrected chi connectivity index (χ3v) is 3.65. The molecule has 1 aromatic carbocycles. The van der Waals surface area contributed by atoms with Crippen molar-refractivity contribution in [3.63, 3.8) is 0 Å². The van der Waals surface area contributed by atoms with E-state index < -0.39 is 0 Å². The molecule has 0 bridgehead atoms. The summed E-state index contributed by atoms with van der Waals surface area (Å²) >= 11 is 0. The first-order valence-electron chi connectivity index (χ1n) is 7.39. The molecule has 0 fully saturated rings. The first-order valence-corrected chi connectivity index (χ1v) is 7.39. The molecular formula is C17H20N4. The molecule has 108 valence electrons. The van der Waals surface area contributed by atoms with Crippen molar-refractivity contribution in [2.45, 2.75) is 20.3 Å². The third-order valence-electron chi connectivity index (χ3n) is 3.65. The number of nitrogens with one attached hydrogen (secondary N) is 1. The summed E-state index contributed by atoms with van der Waals surface area (Å²) in [5, 5.41) is 10.0. The second-order valence-electron chi connectivity index (χ2n) is 5.17. The van der Waals surface area contributed by atoms with E-state index in [9.17, 15) is 0 Å². The predicted octanol–water partition coefficient (Wildman–Crippen LogP) is 3.44. The summed E-state index contributed by atoms with van der Waals surface area (Å²) in [7, 11) is 0. The first-order chi connectivity index (χ1) is 10.3. The molecule has 2 heterocycles. The van der Waals surface area contributed by atoms with Gasteiger partial charge in [0.05, 0.1) is 11.4 Å². The summed E-state index contributed by atoms with van der Waals surface area (Å²) in [4.78, 5) is 4.42. The summed E-state index contributed by atoms with van der Waals surface area (Å²) in [6.45, 7) is 6.00. The molecule has 0 unspecified atom stereocenters. The second kappa shape index (κ2) is 5.95. The van der Waals surface area contributed by atoms with E-state index in [0.717, 1.165) is 36.6 Å². The number of anilines is 2. The Balaban J connectivity index is 1.81. The van der Waals surface area contributed by atoms with Crippen molar-refractivity contribution in [2.24, 2.45) is 5.10 Å². The van der Waals surface area contributed by atoms with Gasteiger partial charge in [-0.2, -0.15) is 5.10 Å². The molecule has 0 amide bonds. The Morgan fingerprint density at radius 3 is 2.76 bits per heavy atom. The van der Waals surface area contributed by atoms with E-state index in [4.69, 9.17) is 5.10 Å². The molecule has 0 radical (unpaired) electrons. The van der Waals surface area contributed by atoms with Gasteiger partial charge in [0.1, 0.15) is 5.82 Å². The molecule has 0 saturated heterocycles. The molecule has 1 aliphatic heterocycles. The smallest absolute Gasteiger partial charge is 0.125 e. The maximum Gasteiger partial charge on any atom is 0.125 e. The monoisotopic (exact) mass is 280 g/mol. The SMILES string of the molecule is CCNc1ccc(C2=NN(c3ccccc3C)CC2)cn1. The van der Waals surface area contributed by atoms with Crippen molar-refractivity contribution in [3.05, 3.63) is 53.7 Å². The largest absolute Gasteiger partial charge is 0.370 e. The van der Waals surface area contributed by atoms with Crippen LogP contribution in [0.2, 0.25) is 0 Å². The molecule has 0 aliphatic carbocycles. The van der Waals surface area contributed by atoms with Gasteiger partial charge in [-0.25, -0.2) is 4.98 Å². The third kappa shape index (κ3) is 2.89. The molecule has 4 nitrogen and oxygen atoms in total. The fourth-order valence-corrected chi connectivity index (χ4v) is 2.54. The highest BCUT2D eigenvalue weighted by Crippen LogP contribution is 2.24. The number of hydrogen-bond acceptors (Lipinski definition) is 4. The van der Waals surface area contributed by atoms with E-state index in [1.54, 1.807) is 0 Å². The summed E-state index contributed by atoms with van der Waals surface area (Å²) < 4.78 is 0. The number of hydrogen-bond donors (Lipinski definition) is 1. The highest BCUT2D eigenvalue weighted by atomic mass is 15.5. The standard InChI is InChI=1S/C17H20N4/c1-3-18-17-9-8-14(12-19-17)15-10-11-21(20-15)16-7-5-4-6-13(16)2/h4-9,12H,3,10-11H2,1-2H3,(H,18,19). The Morgan fingerprint density at radius 2 is 2.05 bits per heavy atom. The van der Waals surface area contributed by atoms with Crippen LogP contribution in [0, 0.1) is 6.92 Å². The molecule has 4 heteroatoms. The van der Waals surface area contributed by atoms with Gasteiger partial charge in [0.25, 0.3) is 0 Å². The molecule has 1 aliphatic rings. The number of hydrazone groups is 1. The molecule has 1 aromatic heterocycles. The van der Waals surface area contributed by atoms with E-state index in [-0.39, 0.29) is 0 Å². The molecule has 21 heavy (non-hydrogen) atoms. The van der Waals surface area contributed by atoms with Crippen LogP contribution in [-0.4, -0.2) is 23.8 Å². The summed E-state index contributed by atoms with van der Waals surface area (Å²) in [6, 6.07) is 12.5. The van der Waals surface area contributed by atoms with Crippen molar-refractivity contribution in [3.8, 4) is 0 Å². The van der Waals surface area contributed by atoms with Crippen LogP contribution in [0.3, 0.4) is 0 Å². The maximum atomic E-state index is 4.75. The number of nitrogens with zero attached hydrogens (tertiary/aromatic N) is 3. The summed E-state index contributed by atoms with van der Waals surface area (Å²) in [5.74, 6) is 0.913. The minimum absolute atomic E-state index is 0.883. The van der Waals surface area contributed by atoms with Crippen LogP contribution in [0.15, 0.2) is 47.7 Å². The topological polar surface area (TPSA) is 40.5 Å². The van der Waals surface area contributed by atoms with Crippen molar-refractivity contribution >= 4 is 17.2 Å². The van der Waals surface area contributed by atoms with Crippen LogP contribution in [0.4, 0.5) is 11.5 Å². The number of para-hydroxylation sites is 1. The lowest BCUT2D eigenvalue weighted by Gasteiger charge is -2.15. The van der Waals surface area contributed by atoms with Gasteiger partial charge >= 0.3 is 0 Å². The fraction of sp³-hybridized carbons (Fsp3) is 0.294.